The quantitative estimate of drug-likeness (QED) is 0.799. The molecule has 1 heterocycles. The molecule has 0 bridgehead atoms. The van der Waals surface area contributed by atoms with Gasteiger partial charge in [-0.1, -0.05) is 36.4 Å². The van der Waals surface area contributed by atoms with Gasteiger partial charge in [-0.3, -0.25) is 0 Å². The Morgan fingerprint density at radius 3 is 2.64 bits per heavy atom. The molecule has 1 N–H and O–H groups in total. The van der Waals surface area contributed by atoms with E-state index in [4.69, 9.17) is 9.15 Å². The van der Waals surface area contributed by atoms with Crippen LogP contribution in [0.1, 0.15) is 18.5 Å². The SMILES string of the molecule is COc1cccc2nc(N[C@H](C)c3ccccc3)oc(=O)c12. The summed E-state index contributed by atoms with van der Waals surface area (Å²) < 4.78 is 10.4. The molecule has 0 saturated carbocycles. The van der Waals surface area contributed by atoms with Crippen molar-refractivity contribution in [3.8, 4) is 5.75 Å². The van der Waals surface area contributed by atoms with Gasteiger partial charge in [0.15, 0.2) is 0 Å². The lowest BCUT2D eigenvalue weighted by atomic mass is 10.1. The van der Waals surface area contributed by atoms with Gasteiger partial charge in [-0.2, -0.15) is 4.98 Å². The predicted octanol–water partition coefficient (Wildman–Crippen LogP) is 3.37. The maximum Gasteiger partial charge on any atom is 0.351 e. The van der Waals surface area contributed by atoms with E-state index in [1.54, 1.807) is 18.2 Å². The normalized spacial score (nSPS) is 12.1. The van der Waals surface area contributed by atoms with Gasteiger partial charge in [-0.05, 0) is 24.6 Å². The zero-order valence-electron chi connectivity index (χ0n) is 12.4. The molecule has 0 aliphatic carbocycles. The van der Waals surface area contributed by atoms with Gasteiger partial charge in [0.1, 0.15) is 11.1 Å². The molecule has 2 aromatic carbocycles. The van der Waals surface area contributed by atoms with Crippen LogP contribution in [0.15, 0.2) is 57.7 Å². The molecule has 0 aliphatic heterocycles. The number of rotatable bonds is 4. The van der Waals surface area contributed by atoms with Crippen LogP contribution in [0.25, 0.3) is 10.9 Å². The first-order chi connectivity index (χ1) is 10.7. The molecule has 112 valence electrons. The van der Waals surface area contributed by atoms with Crippen LogP contribution in [0.4, 0.5) is 6.01 Å². The topological polar surface area (TPSA) is 64.4 Å². The highest BCUT2D eigenvalue weighted by atomic mass is 16.5. The summed E-state index contributed by atoms with van der Waals surface area (Å²) in [4.78, 5) is 16.5. The minimum absolute atomic E-state index is 0.0279. The fourth-order valence-corrected chi connectivity index (χ4v) is 2.33. The van der Waals surface area contributed by atoms with Crippen molar-refractivity contribution in [3.63, 3.8) is 0 Å². The smallest absolute Gasteiger partial charge is 0.351 e. The number of hydrogen-bond acceptors (Lipinski definition) is 5. The van der Waals surface area contributed by atoms with E-state index in [-0.39, 0.29) is 12.1 Å². The molecule has 3 rings (SSSR count). The lowest BCUT2D eigenvalue weighted by Gasteiger charge is -2.13. The summed E-state index contributed by atoms with van der Waals surface area (Å²) in [7, 11) is 1.51. The number of aromatic nitrogens is 1. The van der Waals surface area contributed by atoms with Crippen molar-refractivity contribution in [2.24, 2.45) is 0 Å². The van der Waals surface area contributed by atoms with Gasteiger partial charge in [0.05, 0.1) is 18.7 Å². The van der Waals surface area contributed by atoms with Crippen molar-refractivity contribution >= 4 is 16.9 Å². The third kappa shape index (κ3) is 2.65. The highest BCUT2D eigenvalue weighted by Gasteiger charge is 2.13. The van der Waals surface area contributed by atoms with Crippen LogP contribution in [0.3, 0.4) is 0 Å². The molecule has 3 aromatic rings. The third-order valence-corrected chi connectivity index (χ3v) is 3.48. The van der Waals surface area contributed by atoms with Crippen LogP contribution in [0.5, 0.6) is 5.75 Å². The summed E-state index contributed by atoms with van der Waals surface area (Å²) in [6, 6.07) is 15.3. The monoisotopic (exact) mass is 296 g/mol. The van der Waals surface area contributed by atoms with Crippen molar-refractivity contribution in [1.82, 2.24) is 4.98 Å². The van der Waals surface area contributed by atoms with Crippen molar-refractivity contribution in [3.05, 3.63) is 64.5 Å². The second-order valence-corrected chi connectivity index (χ2v) is 4.94. The number of nitrogens with one attached hydrogen (secondary N) is 1. The molecule has 0 spiro atoms. The molecule has 0 saturated heterocycles. The van der Waals surface area contributed by atoms with Crippen LogP contribution >= 0.6 is 0 Å². The molecule has 0 amide bonds. The molecule has 5 nitrogen and oxygen atoms in total. The fraction of sp³-hybridized carbons (Fsp3) is 0.176. The number of fused-ring (bicyclic) bond motifs is 1. The first-order valence-electron chi connectivity index (χ1n) is 6.98. The Morgan fingerprint density at radius 2 is 1.91 bits per heavy atom. The molecular formula is C17H16N2O3. The molecule has 1 atom stereocenters. The summed E-state index contributed by atoms with van der Waals surface area (Å²) in [5, 5.41) is 3.46. The lowest BCUT2D eigenvalue weighted by Crippen LogP contribution is -2.12. The first kappa shape index (κ1) is 14.1. The highest BCUT2D eigenvalue weighted by Crippen LogP contribution is 2.23. The highest BCUT2D eigenvalue weighted by molar-refractivity contribution is 5.84. The number of benzene rings is 2. The predicted molar refractivity (Wildman–Crippen MR) is 85.3 cm³/mol. The van der Waals surface area contributed by atoms with Crippen LogP contribution in [0.2, 0.25) is 0 Å². The minimum atomic E-state index is -0.467. The third-order valence-electron chi connectivity index (χ3n) is 3.48. The molecule has 1 aromatic heterocycles. The number of methoxy groups -OCH3 is 1. The first-order valence-corrected chi connectivity index (χ1v) is 6.98. The maximum atomic E-state index is 12.2. The average molecular weight is 296 g/mol. The average Bonchev–Trinajstić information content (AvgIpc) is 2.55. The zero-order chi connectivity index (χ0) is 15.5. The van der Waals surface area contributed by atoms with Crippen LogP contribution in [0, 0.1) is 0 Å². The summed E-state index contributed by atoms with van der Waals surface area (Å²) in [5.41, 5.74) is 1.15. The Morgan fingerprint density at radius 1 is 1.14 bits per heavy atom. The summed E-state index contributed by atoms with van der Waals surface area (Å²) in [6.45, 7) is 1.98. The number of hydrogen-bond donors (Lipinski definition) is 1. The summed E-state index contributed by atoms with van der Waals surface area (Å²) in [6.07, 6.45) is 0. The van der Waals surface area contributed by atoms with E-state index in [9.17, 15) is 4.79 Å². The van der Waals surface area contributed by atoms with Gasteiger partial charge in [-0.15, -0.1) is 0 Å². The fourth-order valence-electron chi connectivity index (χ4n) is 2.33. The van der Waals surface area contributed by atoms with Crippen LogP contribution in [-0.4, -0.2) is 12.1 Å². The van der Waals surface area contributed by atoms with Gasteiger partial charge < -0.3 is 14.5 Å². The van der Waals surface area contributed by atoms with E-state index in [0.717, 1.165) is 5.56 Å². The Bertz CT molecular complexity index is 843. The van der Waals surface area contributed by atoms with E-state index in [0.29, 0.717) is 16.7 Å². The second-order valence-electron chi connectivity index (χ2n) is 4.94. The van der Waals surface area contributed by atoms with E-state index in [2.05, 4.69) is 10.3 Å². The van der Waals surface area contributed by atoms with Gasteiger partial charge in [-0.25, -0.2) is 4.79 Å². The Hall–Kier alpha value is -2.82. The minimum Gasteiger partial charge on any atom is -0.496 e. The molecular weight excluding hydrogens is 280 g/mol. The molecule has 0 aliphatic rings. The van der Waals surface area contributed by atoms with Crippen LogP contribution < -0.4 is 15.7 Å². The number of ether oxygens (including phenoxy) is 1. The van der Waals surface area contributed by atoms with Gasteiger partial charge in [0.25, 0.3) is 6.01 Å². The van der Waals surface area contributed by atoms with Gasteiger partial charge in [0, 0.05) is 0 Å². The molecule has 5 heteroatoms. The number of nitrogens with zero attached hydrogens (tertiary/aromatic N) is 1. The maximum absolute atomic E-state index is 12.2. The molecule has 22 heavy (non-hydrogen) atoms. The van der Waals surface area contributed by atoms with E-state index >= 15 is 0 Å². The Balaban J connectivity index is 1.97. The van der Waals surface area contributed by atoms with Gasteiger partial charge in [0.2, 0.25) is 0 Å². The summed E-state index contributed by atoms with van der Waals surface area (Å²) >= 11 is 0. The van der Waals surface area contributed by atoms with Crippen molar-refractivity contribution in [2.45, 2.75) is 13.0 Å². The van der Waals surface area contributed by atoms with Crippen molar-refractivity contribution < 1.29 is 9.15 Å². The van der Waals surface area contributed by atoms with Gasteiger partial charge >= 0.3 is 5.63 Å². The number of anilines is 1. The molecule has 0 radical (unpaired) electrons. The van der Waals surface area contributed by atoms with E-state index < -0.39 is 5.63 Å². The second kappa shape index (κ2) is 5.89. The molecule has 0 unspecified atom stereocenters. The largest absolute Gasteiger partial charge is 0.496 e. The zero-order valence-corrected chi connectivity index (χ0v) is 12.4. The lowest BCUT2D eigenvalue weighted by molar-refractivity contribution is 0.416. The van der Waals surface area contributed by atoms with Crippen molar-refractivity contribution in [1.29, 1.82) is 0 Å². The Labute approximate surface area is 127 Å². The van der Waals surface area contributed by atoms with E-state index in [1.807, 2.05) is 37.3 Å². The Kier molecular flexibility index (Phi) is 3.78. The summed E-state index contributed by atoms with van der Waals surface area (Å²) in [5.74, 6) is 0.460. The van der Waals surface area contributed by atoms with Crippen LogP contribution in [-0.2, 0) is 0 Å². The van der Waals surface area contributed by atoms with E-state index in [1.165, 1.54) is 7.11 Å². The standard InChI is InChI=1S/C17H16N2O3/c1-11(12-7-4-3-5-8-12)18-17-19-13-9-6-10-14(21-2)15(13)16(20)22-17/h3-11H,1-2H3,(H,18,19)/t11-/m1/s1. The van der Waals surface area contributed by atoms with Crippen molar-refractivity contribution in [2.75, 3.05) is 12.4 Å². The molecule has 0 fully saturated rings.